The zero-order valence-corrected chi connectivity index (χ0v) is 13.5. The summed E-state index contributed by atoms with van der Waals surface area (Å²) in [6.45, 7) is 6.49. The van der Waals surface area contributed by atoms with Crippen LogP contribution in [0.5, 0.6) is 5.75 Å². The van der Waals surface area contributed by atoms with Gasteiger partial charge in [0.25, 0.3) is 0 Å². The molecule has 0 fully saturated rings. The molecule has 0 aliphatic rings. The molecule has 5 heteroatoms. The Labute approximate surface area is 123 Å². The number of rotatable bonds is 6. The van der Waals surface area contributed by atoms with Gasteiger partial charge in [0.2, 0.25) is 0 Å². The van der Waals surface area contributed by atoms with Gasteiger partial charge in [-0.05, 0) is 55.4 Å². The molecule has 0 heterocycles. The predicted molar refractivity (Wildman–Crippen MR) is 83.6 cm³/mol. The fourth-order valence-electron chi connectivity index (χ4n) is 1.99. The largest absolute Gasteiger partial charge is 0.508 e. The number of aryl methyl sites for hydroxylation is 3. The number of hydrogen-bond acceptors (Lipinski definition) is 4. The van der Waals surface area contributed by atoms with Crippen LogP contribution in [0, 0.1) is 6.92 Å². The molecule has 20 heavy (non-hydrogen) atoms. The molecule has 1 rings (SSSR count). The number of unbranched alkanes of at least 4 members (excludes halogenated alkanes) is 2. The minimum atomic E-state index is -2.62. The summed E-state index contributed by atoms with van der Waals surface area (Å²) in [5, 5.41) is 9.87. The van der Waals surface area contributed by atoms with Gasteiger partial charge in [0.05, 0.1) is 0 Å². The summed E-state index contributed by atoms with van der Waals surface area (Å²) in [5.74, 6) is 0.478. The maximum atomic E-state index is 9.87. The van der Waals surface area contributed by atoms with E-state index in [1.807, 2.05) is 6.07 Å². The first kappa shape index (κ1) is 19.3. The van der Waals surface area contributed by atoms with E-state index >= 15 is 0 Å². The van der Waals surface area contributed by atoms with Crippen LogP contribution in [0.4, 0.5) is 0 Å². The molecule has 0 radical (unpaired) electrons. The molecule has 0 saturated heterocycles. The fraction of sp³-hybridized carbons (Fsp3) is 0.600. The summed E-state index contributed by atoms with van der Waals surface area (Å²) in [7, 11) is -2.62. The Hall–Kier alpha value is -0.670. The lowest BCUT2D eigenvalue weighted by molar-refractivity contribution is 0.368. The van der Waals surface area contributed by atoms with Gasteiger partial charge in [-0.3, -0.25) is 0 Å². The fourth-order valence-corrected chi connectivity index (χ4v) is 1.99. The van der Waals surface area contributed by atoms with Crippen molar-refractivity contribution in [2.45, 2.75) is 59.3 Å². The first-order valence-corrected chi connectivity index (χ1v) is 8.30. The molecular formula is C15H27O4P. The van der Waals surface area contributed by atoms with Crippen LogP contribution in [-0.4, -0.2) is 19.8 Å². The van der Waals surface area contributed by atoms with E-state index < -0.39 is 8.60 Å². The van der Waals surface area contributed by atoms with Crippen LogP contribution in [0.25, 0.3) is 0 Å². The topological polar surface area (TPSA) is 80.9 Å². The van der Waals surface area contributed by atoms with Gasteiger partial charge in [-0.1, -0.05) is 32.8 Å². The quantitative estimate of drug-likeness (QED) is 0.606. The van der Waals surface area contributed by atoms with E-state index in [2.05, 4.69) is 26.8 Å². The molecule has 0 unspecified atom stereocenters. The molecule has 0 saturated carbocycles. The third kappa shape index (κ3) is 8.49. The maximum absolute atomic E-state index is 9.87. The van der Waals surface area contributed by atoms with Crippen LogP contribution < -0.4 is 0 Å². The first-order chi connectivity index (χ1) is 9.42. The molecule has 4 nitrogen and oxygen atoms in total. The van der Waals surface area contributed by atoms with E-state index in [-0.39, 0.29) is 0 Å². The first-order valence-electron chi connectivity index (χ1n) is 7.10. The van der Waals surface area contributed by atoms with Gasteiger partial charge in [0, 0.05) is 0 Å². The van der Waals surface area contributed by atoms with E-state index in [1.54, 1.807) is 0 Å². The molecule has 4 N–H and O–H groups in total. The lowest BCUT2D eigenvalue weighted by Crippen LogP contribution is -1.94. The van der Waals surface area contributed by atoms with E-state index in [0.29, 0.717) is 5.75 Å². The van der Waals surface area contributed by atoms with Crippen LogP contribution in [0.1, 0.15) is 56.2 Å². The Morgan fingerprint density at radius 2 is 1.35 bits per heavy atom. The summed E-state index contributed by atoms with van der Waals surface area (Å²) in [5.41, 5.74) is 3.76. The van der Waals surface area contributed by atoms with Crippen molar-refractivity contribution in [2.24, 2.45) is 0 Å². The van der Waals surface area contributed by atoms with Gasteiger partial charge in [-0.2, -0.15) is 0 Å². The lowest BCUT2D eigenvalue weighted by Gasteiger charge is -2.10. The third-order valence-corrected chi connectivity index (χ3v) is 3.14. The SMILES string of the molecule is CCCCc1cc(CCCC)c(O)cc1C.OP(O)O. The predicted octanol–water partition coefficient (Wildman–Crippen LogP) is 3.58. The van der Waals surface area contributed by atoms with Crippen molar-refractivity contribution in [2.75, 3.05) is 0 Å². The van der Waals surface area contributed by atoms with Gasteiger partial charge < -0.3 is 19.8 Å². The van der Waals surface area contributed by atoms with Crippen molar-refractivity contribution >= 4 is 8.60 Å². The highest BCUT2D eigenvalue weighted by Crippen LogP contribution is 2.25. The highest BCUT2D eigenvalue weighted by Gasteiger charge is 2.06. The number of benzene rings is 1. The average molecular weight is 302 g/mol. The zero-order chi connectivity index (χ0) is 15.5. The summed E-state index contributed by atoms with van der Waals surface area (Å²) in [6, 6.07) is 4.13. The Kier molecular flexibility index (Phi) is 10.7. The molecule has 1 aromatic carbocycles. The monoisotopic (exact) mass is 302 g/mol. The van der Waals surface area contributed by atoms with E-state index in [4.69, 9.17) is 14.7 Å². The lowest BCUT2D eigenvalue weighted by atomic mass is 9.97. The van der Waals surface area contributed by atoms with Gasteiger partial charge >= 0.3 is 8.60 Å². The Bertz CT molecular complexity index is 348. The van der Waals surface area contributed by atoms with Crippen molar-refractivity contribution in [1.82, 2.24) is 0 Å². The van der Waals surface area contributed by atoms with Crippen LogP contribution >= 0.6 is 8.60 Å². The Balaban J connectivity index is 0.000000796. The van der Waals surface area contributed by atoms with Crippen molar-refractivity contribution in [3.05, 3.63) is 28.8 Å². The van der Waals surface area contributed by atoms with Gasteiger partial charge in [0.1, 0.15) is 5.75 Å². The molecule has 116 valence electrons. The standard InChI is InChI=1S/C15H24O.H3O3P/c1-4-6-8-13-11-14(9-7-5-2)15(16)10-12(13)3;1-4(2)3/h10-11,16H,4-9H2,1-3H3;1-3H. The van der Waals surface area contributed by atoms with E-state index in [9.17, 15) is 5.11 Å². The van der Waals surface area contributed by atoms with Gasteiger partial charge in [0.15, 0.2) is 0 Å². The number of hydrogen-bond donors (Lipinski definition) is 4. The highest BCUT2D eigenvalue weighted by atomic mass is 31.2. The zero-order valence-electron chi connectivity index (χ0n) is 12.6. The minimum Gasteiger partial charge on any atom is -0.508 e. The second kappa shape index (κ2) is 11.0. The van der Waals surface area contributed by atoms with Crippen molar-refractivity contribution in [1.29, 1.82) is 0 Å². The normalized spacial score (nSPS) is 10.3. The minimum absolute atomic E-state index is 0.478. The second-order valence-corrected chi connectivity index (χ2v) is 5.42. The summed E-state index contributed by atoms with van der Waals surface area (Å²) >= 11 is 0. The molecule has 0 bridgehead atoms. The van der Waals surface area contributed by atoms with Crippen molar-refractivity contribution in [3.63, 3.8) is 0 Å². The van der Waals surface area contributed by atoms with E-state index in [0.717, 1.165) is 24.8 Å². The summed E-state index contributed by atoms with van der Waals surface area (Å²) in [6.07, 6.45) is 6.94. The number of phenols is 1. The van der Waals surface area contributed by atoms with Crippen LogP contribution in [0.3, 0.4) is 0 Å². The van der Waals surface area contributed by atoms with Gasteiger partial charge in [-0.15, -0.1) is 0 Å². The van der Waals surface area contributed by atoms with Crippen LogP contribution in [0.15, 0.2) is 12.1 Å². The van der Waals surface area contributed by atoms with Crippen LogP contribution in [0.2, 0.25) is 0 Å². The van der Waals surface area contributed by atoms with Crippen LogP contribution in [-0.2, 0) is 12.8 Å². The summed E-state index contributed by atoms with van der Waals surface area (Å²) < 4.78 is 0. The molecule has 0 spiro atoms. The molecule has 0 aliphatic heterocycles. The van der Waals surface area contributed by atoms with Crippen molar-refractivity contribution in [3.8, 4) is 5.75 Å². The molecule has 1 aromatic rings. The Morgan fingerprint density at radius 3 is 1.80 bits per heavy atom. The molecule has 0 amide bonds. The second-order valence-electron chi connectivity index (χ2n) is 4.88. The molecule has 0 aromatic heterocycles. The van der Waals surface area contributed by atoms with Gasteiger partial charge in [-0.25, -0.2) is 0 Å². The smallest absolute Gasteiger partial charge is 0.324 e. The molecule has 0 aliphatic carbocycles. The molecule has 0 atom stereocenters. The highest BCUT2D eigenvalue weighted by molar-refractivity contribution is 7.38. The third-order valence-electron chi connectivity index (χ3n) is 3.14. The van der Waals surface area contributed by atoms with Crippen molar-refractivity contribution < 1.29 is 19.8 Å². The number of aromatic hydroxyl groups is 1. The Morgan fingerprint density at radius 1 is 0.900 bits per heavy atom. The average Bonchev–Trinajstić information content (AvgIpc) is 2.36. The number of phenolic OH excluding ortho intramolecular Hbond substituents is 1. The van der Waals surface area contributed by atoms with E-state index in [1.165, 1.54) is 30.4 Å². The molecular weight excluding hydrogens is 275 g/mol. The maximum Gasteiger partial charge on any atom is 0.324 e. The summed E-state index contributed by atoms with van der Waals surface area (Å²) in [4.78, 5) is 21.7.